The monoisotopic (exact) mass is 461 g/mol. The Morgan fingerprint density at radius 1 is 1.24 bits per heavy atom. The molecule has 1 aliphatic carbocycles. The predicted molar refractivity (Wildman–Crippen MR) is 123 cm³/mol. The molecule has 178 valence electrons. The summed E-state index contributed by atoms with van der Waals surface area (Å²) in [5, 5.41) is 14.4. The summed E-state index contributed by atoms with van der Waals surface area (Å²) < 4.78 is 44.4. The standard InChI is InChI=1S/C26H30F3NO3/c1-15(19-12-21(13-19)25(3,4)32)9-18-14-22(23(33-5)10-16(18)2)30-24(31)17-7-6-8-20(11-17)26(27,28)29/h6-11,14-15,19,21,32H,2,12-13H2,1,3-5H3,(H,30,31)/b18-9-. The van der Waals surface area contributed by atoms with Crippen LogP contribution >= 0.6 is 0 Å². The van der Waals surface area contributed by atoms with Gasteiger partial charge in [0, 0.05) is 5.56 Å². The van der Waals surface area contributed by atoms with Crippen molar-refractivity contribution in [1.29, 1.82) is 0 Å². The van der Waals surface area contributed by atoms with E-state index in [9.17, 15) is 23.1 Å². The van der Waals surface area contributed by atoms with E-state index in [1.54, 1.807) is 12.1 Å². The first-order valence-corrected chi connectivity index (χ1v) is 10.9. The summed E-state index contributed by atoms with van der Waals surface area (Å²) in [6, 6.07) is 7.71. The SMILES string of the molecule is C=c1cc(OC)c(NC(=O)c2cccc(C(F)(F)F)c2)c/c1=C/C(C)C1CC(C(C)(C)O)C1. The van der Waals surface area contributed by atoms with Crippen molar-refractivity contribution in [1.82, 2.24) is 0 Å². The van der Waals surface area contributed by atoms with Gasteiger partial charge in [-0.25, -0.2) is 0 Å². The quantitative estimate of drug-likeness (QED) is 0.662. The molecule has 7 heteroatoms. The number of anilines is 1. The molecule has 2 N–H and O–H groups in total. The van der Waals surface area contributed by atoms with Gasteiger partial charge in [-0.05, 0) is 85.2 Å². The number of amides is 1. The molecule has 0 heterocycles. The number of hydrogen-bond donors (Lipinski definition) is 2. The lowest BCUT2D eigenvalue weighted by Crippen LogP contribution is -2.42. The molecule has 1 unspecified atom stereocenters. The van der Waals surface area contributed by atoms with Crippen LogP contribution in [-0.2, 0) is 6.18 Å². The average Bonchev–Trinajstić information content (AvgIpc) is 2.67. The van der Waals surface area contributed by atoms with Crippen molar-refractivity contribution < 1.29 is 27.8 Å². The van der Waals surface area contributed by atoms with Gasteiger partial charge in [0.25, 0.3) is 5.91 Å². The molecular weight excluding hydrogens is 431 g/mol. The molecule has 0 saturated heterocycles. The highest BCUT2D eigenvalue weighted by atomic mass is 19.4. The number of halogens is 3. The van der Waals surface area contributed by atoms with E-state index < -0.39 is 23.2 Å². The fourth-order valence-corrected chi connectivity index (χ4v) is 4.18. The minimum absolute atomic E-state index is 0.100. The maximum atomic E-state index is 13.0. The highest BCUT2D eigenvalue weighted by molar-refractivity contribution is 6.05. The van der Waals surface area contributed by atoms with E-state index in [-0.39, 0.29) is 17.4 Å². The van der Waals surface area contributed by atoms with Gasteiger partial charge in [0.1, 0.15) is 5.75 Å². The van der Waals surface area contributed by atoms with Crippen LogP contribution in [0, 0.1) is 17.8 Å². The summed E-state index contributed by atoms with van der Waals surface area (Å²) >= 11 is 0. The van der Waals surface area contributed by atoms with Crippen LogP contribution in [0.2, 0.25) is 0 Å². The third-order valence-electron chi connectivity index (χ3n) is 6.52. The van der Waals surface area contributed by atoms with Crippen LogP contribution in [0.3, 0.4) is 0 Å². The zero-order valence-corrected chi connectivity index (χ0v) is 19.3. The summed E-state index contributed by atoms with van der Waals surface area (Å²) in [7, 11) is 1.45. The molecule has 2 aromatic rings. The Morgan fingerprint density at radius 2 is 1.91 bits per heavy atom. The molecule has 0 bridgehead atoms. The van der Waals surface area contributed by atoms with Gasteiger partial charge in [-0.15, -0.1) is 0 Å². The molecule has 1 amide bonds. The summed E-state index contributed by atoms with van der Waals surface area (Å²) in [6.07, 6.45) is -0.591. The molecule has 1 aliphatic rings. The lowest BCUT2D eigenvalue weighted by Gasteiger charge is -2.44. The molecule has 0 radical (unpaired) electrons. The molecule has 33 heavy (non-hydrogen) atoms. The molecule has 1 fully saturated rings. The van der Waals surface area contributed by atoms with Crippen LogP contribution in [0.15, 0.2) is 36.4 Å². The number of carbonyl (C=O) groups excluding carboxylic acids is 1. The second-order valence-corrected chi connectivity index (χ2v) is 9.39. The van der Waals surface area contributed by atoms with E-state index in [0.717, 1.165) is 30.2 Å². The van der Waals surface area contributed by atoms with Crippen LogP contribution in [0.25, 0.3) is 12.7 Å². The van der Waals surface area contributed by atoms with Crippen molar-refractivity contribution in [3.8, 4) is 5.75 Å². The first-order chi connectivity index (χ1) is 15.3. The molecule has 1 atom stereocenters. The maximum absolute atomic E-state index is 13.0. The maximum Gasteiger partial charge on any atom is 0.416 e. The van der Waals surface area contributed by atoms with Crippen molar-refractivity contribution in [2.75, 3.05) is 12.4 Å². The molecular formula is C26H30F3NO3. The number of ether oxygens (including phenoxy) is 1. The zero-order valence-electron chi connectivity index (χ0n) is 19.3. The molecule has 3 rings (SSSR count). The summed E-state index contributed by atoms with van der Waals surface area (Å²) in [5.41, 5.74) is -1.32. The van der Waals surface area contributed by atoms with Gasteiger partial charge in [-0.2, -0.15) is 13.2 Å². The van der Waals surface area contributed by atoms with Crippen LogP contribution in [0.1, 0.15) is 49.5 Å². The zero-order chi connectivity index (χ0) is 24.6. The fraction of sp³-hybridized carbons (Fsp3) is 0.423. The Bertz CT molecular complexity index is 1130. The smallest absolute Gasteiger partial charge is 0.416 e. The van der Waals surface area contributed by atoms with Gasteiger partial charge in [-0.3, -0.25) is 4.79 Å². The molecule has 1 saturated carbocycles. The van der Waals surface area contributed by atoms with Gasteiger partial charge in [0.15, 0.2) is 0 Å². The summed E-state index contributed by atoms with van der Waals surface area (Å²) in [5.74, 6) is 0.643. The van der Waals surface area contributed by atoms with E-state index in [4.69, 9.17) is 4.74 Å². The topological polar surface area (TPSA) is 58.6 Å². The Labute approximate surface area is 191 Å². The van der Waals surface area contributed by atoms with Crippen molar-refractivity contribution >= 4 is 24.2 Å². The van der Waals surface area contributed by atoms with Crippen LogP contribution in [0.4, 0.5) is 18.9 Å². The molecule has 0 aromatic heterocycles. The Kier molecular flexibility index (Phi) is 6.93. The van der Waals surface area contributed by atoms with Crippen molar-refractivity contribution in [2.45, 2.75) is 45.4 Å². The third-order valence-corrected chi connectivity index (χ3v) is 6.52. The number of nitrogens with one attached hydrogen (secondary N) is 1. The van der Waals surface area contributed by atoms with Gasteiger partial charge in [-0.1, -0.05) is 25.6 Å². The van der Waals surface area contributed by atoms with Gasteiger partial charge >= 0.3 is 6.18 Å². The molecule has 0 aliphatic heterocycles. The Morgan fingerprint density at radius 3 is 2.48 bits per heavy atom. The predicted octanol–water partition coefficient (Wildman–Crippen LogP) is 4.59. The van der Waals surface area contributed by atoms with E-state index in [1.165, 1.54) is 19.2 Å². The first-order valence-electron chi connectivity index (χ1n) is 10.9. The normalized spacial score (nSPS) is 20.2. The van der Waals surface area contributed by atoms with Crippen molar-refractivity contribution in [2.24, 2.45) is 17.8 Å². The number of alkyl halides is 3. The third kappa shape index (κ3) is 5.77. The molecule has 2 aromatic carbocycles. The number of rotatable bonds is 6. The Hall–Kier alpha value is -2.80. The highest BCUT2D eigenvalue weighted by Crippen LogP contribution is 2.44. The largest absolute Gasteiger partial charge is 0.495 e. The van der Waals surface area contributed by atoms with Gasteiger partial charge < -0.3 is 15.2 Å². The van der Waals surface area contributed by atoms with Crippen LogP contribution < -0.4 is 20.5 Å². The molecule has 4 nitrogen and oxygen atoms in total. The van der Waals surface area contributed by atoms with Gasteiger partial charge in [0.2, 0.25) is 0 Å². The lowest BCUT2D eigenvalue weighted by molar-refractivity contribution is -0.137. The van der Waals surface area contributed by atoms with Crippen LogP contribution in [-0.4, -0.2) is 23.7 Å². The number of aliphatic hydroxyl groups is 1. The lowest BCUT2D eigenvalue weighted by atomic mass is 9.63. The van der Waals surface area contributed by atoms with E-state index in [2.05, 4.69) is 24.9 Å². The van der Waals surface area contributed by atoms with Gasteiger partial charge in [0.05, 0.1) is 24.0 Å². The second kappa shape index (κ2) is 9.21. The second-order valence-electron chi connectivity index (χ2n) is 9.39. The highest BCUT2D eigenvalue weighted by Gasteiger charge is 2.40. The number of methoxy groups -OCH3 is 1. The number of hydrogen-bond acceptors (Lipinski definition) is 3. The minimum atomic E-state index is -4.53. The minimum Gasteiger partial charge on any atom is -0.495 e. The summed E-state index contributed by atoms with van der Waals surface area (Å²) in [4.78, 5) is 12.7. The summed E-state index contributed by atoms with van der Waals surface area (Å²) in [6.45, 7) is 9.84. The fourth-order valence-electron chi connectivity index (χ4n) is 4.18. The van der Waals surface area contributed by atoms with Crippen molar-refractivity contribution in [3.05, 3.63) is 58.0 Å². The first kappa shape index (κ1) is 24.8. The Balaban J connectivity index is 1.85. The average molecular weight is 462 g/mol. The van der Waals surface area contributed by atoms with Crippen LogP contribution in [0.5, 0.6) is 5.75 Å². The molecule has 0 spiro atoms. The number of benzene rings is 2. The van der Waals surface area contributed by atoms with E-state index in [1.807, 2.05) is 13.8 Å². The van der Waals surface area contributed by atoms with E-state index in [0.29, 0.717) is 22.6 Å². The van der Waals surface area contributed by atoms with Crippen molar-refractivity contribution in [3.63, 3.8) is 0 Å². The van der Waals surface area contributed by atoms with E-state index >= 15 is 0 Å². The number of carbonyl (C=O) groups is 1.